The van der Waals surface area contributed by atoms with Crippen LogP contribution in [0.1, 0.15) is 33.4 Å². The van der Waals surface area contributed by atoms with Crippen LogP contribution < -0.4 is 10.1 Å². The van der Waals surface area contributed by atoms with Gasteiger partial charge in [0.1, 0.15) is 12.4 Å². The van der Waals surface area contributed by atoms with E-state index in [4.69, 9.17) is 9.47 Å². The van der Waals surface area contributed by atoms with Crippen molar-refractivity contribution in [2.45, 2.75) is 13.3 Å². The first kappa shape index (κ1) is 25.6. The highest BCUT2D eigenvalue weighted by Crippen LogP contribution is 2.16. The number of nitrogens with one attached hydrogen (secondary N) is 1. The average molecular weight is 473 g/mol. The maximum absolute atomic E-state index is 5.78. The number of benzene rings is 2. The summed E-state index contributed by atoms with van der Waals surface area (Å²) in [6.45, 7) is 6.05. The highest BCUT2D eigenvalue weighted by atomic mass is 32.1. The van der Waals surface area contributed by atoms with Crippen molar-refractivity contribution in [2.24, 2.45) is 0 Å². The molecular formula is C29H32N2O2S. The van der Waals surface area contributed by atoms with Gasteiger partial charge in [0.15, 0.2) is 0 Å². The van der Waals surface area contributed by atoms with Gasteiger partial charge in [-0.3, -0.25) is 5.32 Å². The molecule has 0 aliphatic carbocycles. The molecule has 0 aliphatic rings. The largest absolute Gasteiger partial charge is 0.492 e. The molecule has 176 valence electrons. The minimum absolute atomic E-state index is 0.579. The van der Waals surface area contributed by atoms with Gasteiger partial charge in [0.05, 0.1) is 23.1 Å². The summed E-state index contributed by atoms with van der Waals surface area (Å²) >= 11 is 1.61. The third kappa shape index (κ3) is 9.06. The van der Waals surface area contributed by atoms with E-state index in [9.17, 15) is 0 Å². The highest BCUT2D eigenvalue weighted by Gasteiger charge is 1.98. The molecule has 0 bridgehead atoms. The fraction of sp³-hybridized carbons (Fsp3) is 0.310. The van der Waals surface area contributed by atoms with E-state index < -0.39 is 0 Å². The van der Waals surface area contributed by atoms with Crippen molar-refractivity contribution in [2.75, 3.05) is 47.1 Å². The molecule has 0 fully saturated rings. The van der Waals surface area contributed by atoms with Crippen LogP contribution in [0.2, 0.25) is 0 Å². The number of hydrogen-bond acceptors (Lipinski definition) is 5. The second kappa shape index (κ2) is 14.3. The van der Waals surface area contributed by atoms with Crippen molar-refractivity contribution in [1.82, 2.24) is 10.2 Å². The summed E-state index contributed by atoms with van der Waals surface area (Å²) in [4.78, 5) is 4.23. The second-order valence-corrected chi connectivity index (χ2v) is 8.87. The topological polar surface area (TPSA) is 33.7 Å². The van der Waals surface area contributed by atoms with Crippen molar-refractivity contribution < 1.29 is 9.47 Å². The van der Waals surface area contributed by atoms with Crippen LogP contribution in [-0.4, -0.2) is 52.0 Å². The number of nitrogens with zero attached hydrogens (tertiary/aromatic N) is 1. The average Bonchev–Trinajstić information content (AvgIpc) is 3.33. The summed E-state index contributed by atoms with van der Waals surface area (Å²) < 4.78 is 11.2. The monoisotopic (exact) mass is 472 g/mol. The van der Waals surface area contributed by atoms with Crippen LogP contribution in [0.25, 0.3) is 0 Å². The fourth-order valence-electron chi connectivity index (χ4n) is 2.97. The zero-order valence-corrected chi connectivity index (χ0v) is 21.0. The molecule has 0 radical (unpaired) electrons. The lowest BCUT2D eigenvalue weighted by molar-refractivity contribution is 0.125. The summed E-state index contributed by atoms with van der Waals surface area (Å²) in [5.41, 5.74) is 3.22. The summed E-state index contributed by atoms with van der Waals surface area (Å²) in [5, 5.41) is 2.97. The minimum Gasteiger partial charge on any atom is -0.492 e. The molecule has 0 saturated carbocycles. The zero-order valence-electron chi connectivity index (χ0n) is 20.2. The Labute approximate surface area is 207 Å². The Kier molecular flexibility index (Phi) is 10.7. The number of ether oxygens (including phenoxy) is 2. The Balaban J connectivity index is 1.50. The number of likely N-dealkylation sites (N-methyl/N-ethyl adjacent to an activating group) is 1. The molecular weight excluding hydrogens is 440 g/mol. The van der Waals surface area contributed by atoms with E-state index in [1.807, 2.05) is 43.4 Å². The first-order valence-electron chi connectivity index (χ1n) is 11.5. The smallest absolute Gasteiger partial charge is 0.119 e. The maximum atomic E-state index is 5.78. The molecule has 0 saturated heterocycles. The molecule has 3 rings (SSSR count). The Hall–Kier alpha value is -3.06. The van der Waals surface area contributed by atoms with Crippen LogP contribution in [0.3, 0.4) is 0 Å². The molecule has 5 heteroatoms. The van der Waals surface area contributed by atoms with E-state index >= 15 is 0 Å². The molecule has 1 heterocycles. The van der Waals surface area contributed by atoms with Crippen LogP contribution in [0.5, 0.6) is 5.75 Å². The molecule has 1 N–H and O–H groups in total. The van der Waals surface area contributed by atoms with Gasteiger partial charge in [0, 0.05) is 17.7 Å². The third-order valence-electron chi connectivity index (χ3n) is 5.14. The van der Waals surface area contributed by atoms with Crippen LogP contribution >= 0.6 is 11.3 Å². The highest BCUT2D eigenvalue weighted by molar-refractivity contribution is 7.13. The SMILES string of the molecule is CCN(C)CCOc1ccc(C#Cc2ccc(C#Cc3ccc(CCOCNC)cc3)s2)cc1. The van der Waals surface area contributed by atoms with Gasteiger partial charge >= 0.3 is 0 Å². The van der Waals surface area contributed by atoms with Gasteiger partial charge in [-0.25, -0.2) is 0 Å². The Morgan fingerprint density at radius 2 is 1.44 bits per heavy atom. The molecule has 0 amide bonds. The first-order valence-corrected chi connectivity index (χ1v) is 12.3. The van der Waals surface area contributed by atoms with Gasteiger partial charge < -0.3 is 14.4 Å². The number of hydrogen-bond donors (Lipinski definition) is 1. The summed E-state index contributed by atoms with van der Waals surface area (Å²) in [6, 6.07) is 20.3. The second-order valence-electron chi connectivity index (χ2n) is 7.79. The van der Waals surface area contributed by atoms with Gasteiger partial charge in [-0.15, -0.1) is 11.3 Å². The van der Waals surface area contributed by atoms with Crippen LogP contribution in [0.15, 0.2) is 60.7 Å². The molecule has 2 aromatic carbocycles. The lowest BCUT2D eigenvalue weighted by Gasteiger charge is -2.14. The number of thiophene rings is 1. The van der Waals surface area contributed by atoms with Gasteiger partial charge in [0.25, 0.3) is 0 Å². The summed E-state index contributed by atoms with van der Waals surface area (Å²) in [7, 11) is 3.96. The molecule has 1 aromatic heterocycles. The van der Waals surface area contributed by atoms with Crippen molar-refractivity contribution in [3.8, 4) is 29.4 Å². The molecule has 0 atom stereocenters. The molecule has 34 heavy (non-hydrogen) atoms. The lowest BCUT2D eigenvalue weighted by atomic mass is 10.1. The fourth-order valence-corrected chi connectivity index (χ4v) is 3.68. The van der Waals surface area contributed by atoms with Crippen molar-refractivity contribution in [1.29, 1.82) is 0 Å². The Bertz CT molecular complexity index is 1130. The van der Waals surface area contributed by atoms with Crippen molar-refractivity contribution >= 4 is 11.3 Å². The van der Waals surface area contributed by atoms with E-state index in [1.54, 1.807) is 11.3 Å². The number of rotatable bonds is 10. The summed E-state index contributed by atoms with van der Waals surface area (Å²) in [6.07, 6.45) is 0.897. The normalized spacial score (nSPS) is 10.4. The molecule has 4 nitrogen and oxygen atoms in total. The van der Waals surface area contributed by atoms with Crippen LogP contribution in [-0.2, 0) is 11.2 Å². The molecule has 0 spiro atoms. The van der Waals surface area contributed by atoms with Crippen molar-refractivity contribution in [3.05, 3.63) is 87.1 Å². The Morgan fingerprint density at radius 1 is 0.824 bits per heavy atom. The van der Waals surface area contributed by atoms with Gasteiger partial charge in [-0.05, 0) is 81.2 Å². The van der Waals surface area contributed by atoms with Gasteiger partial charge in [-0.2, -0.15) is 0 Å². The van der Waals surface area contributed by atoms with E-state index in [-0.39, 0.29) is 0 Å². The van der Waals surface area contributed by atoms with E-state index in [0.29, 0.717) is 19.9 Å². The predicted molar refractivity (Wildman–Crippen MR) is 141 cm³/mol. The molecule has 0 aliphatic heterocycles. The Morgan fingerprint density at radius 3 is 2.03 bits per heavy atom. The van der Waals surface area contributed by atoms with Crippen molar-refractivity contribution in [3.63, 3.8) is 0 Å². The van der Waals surface area contributed by atoms with E-state index in [0.717, 1.165) is 46.1 Å². The van der Waals surface area contributed by atoms with E-state index in [2.05, 4.69) is 72.1 Å². The van der Waals surface area contributed by atoms with Gasteiger partial charge in [-0.1, -0.05) is 42.7 Å². The zero-order chi connectivity index (χ0) is 24.0. The summed E-state index contributed by atoms with van der Waals surface area (Å²) in [5.74, 6) is 13.8. The lowest BCUT2D eigenvalue weighted by Crippen LogP contribution is -2.23. The molecule has 3 aromatic rings. The third-order valence-corrected chi connectivity index (χ3v) is 6.05. The quantitative estimate of drug-likeness (QED) is 0.265. The van der Waals surface area contributed by atoms with Gasteiger partial charge in [0.2, 0.25) is 0 Å². The predicted octanol–water partition coefficient (Wildman–Crippen LogP) is 4.61. The minimum atomic E-state index is 0.579. The van der Waals surface area contributed by atoms with Crippen LogP contribution in [0, 0.1) is 23.7 Å². The van der Waals surface area contributed by atoms with E-state index in [1.165, 1.54) is 5.56 Å². The molecule has 0 unspecified atom stereocenters. The first-order chi connectivity index (χ1) is 16.7. The maximum Gasteiger partial charge on any atom is 0.119 e. The van der Waals surface area contributed by atoms with Crippen LogP contribution in [0.4, 0.5) is 0 Å². The standard InChI is InChI=1S/C29H32N2O2S/c1-4-31(3)20-22-33-27-13-9-25(10-14-27)12-16-29-18-17-28(34-29)15-11-24-5-7-26(8-6-24)19-21-32-23-30-2/h5-10,13-14,17-18,30H,4,19-23H2,1-3H3.